The number of halogens is 1. The van der Waals surface area contributed by atoms with Gasteiger partial charge in [-0.1, -0.05) is 32.4 Å². The van der Waals surface area contributed by atoms with Crippen molar-refractivity contribution in [1.29, 1.82) is 0 Å². The van der Waals surface area contributed by atoms with Crippen molar-refractivity contribution in [3.63, 3.8) is 0 Å². The van der Waals surface area contributed by atoms with Gasteiger partial charge in [0.25, 0.3) is 5.56 Å². The van der Waals surface area contributed by atoms with E-state index in [1.165, 1.54) is 0 Å². The first kappa shape index (κ1) is 24.2. The lowest BCUT2D eigenvalue weighted by atomic mass is 9.96. The number of rotatable bonds is 6. The van der Waals surface area contributed by atoms with E-state index in [4.69, 9.17) is 21.3 Å². The van der Waals surface area contributed by atoms with Gasteiger partial charge in [-0.15, -0.1) is 0 Å². The molecule has 6 nitrogen and oxygen atoms in total. The lowest BCUT2D eigenvalue weighted by molar-refractivity contribution is 0.0296. The summed E-state index contributed by atoms with van der Waals surface area (Å²) in [6, 6.07) is 5.23. The number of unbranched alkanes of at least 4 members (excludes halogenated alkanes) is 1. The van der Waals surface area contributed by atoms with Crippen LogP contribution < -0.4 is 5.56 Å². The number of nitrogens with zero attached hydrogens (tertiary/aromatic N) is 3. The Hall–Kier alpha value is -2.08. The predicted octanol–water partition coefficient (Wildman–Crippen LogP) is 5.29. The Kier molecular flexibility index (Phi) is 7.56. The molecule has 166 valence electrons. The molecule has 0 spiro atoms. The van der Waals surface area contributed by atoms with Gasteiger partial charge < -0.3 is 9.64 Å². The van der Waals surface area contributed by atoms with Crippen molar-refractivity contribution in [3.05, 3.63) is 39.4 Å². The first-order valence-corrected chi connectivity index (χ1v) is 10.8. The van der Waals surface area contributed by atoms with Gasteiger partial charge in [0.15, 0.2) is 0 Å². The molecule has 0 N–H and O–H groups in total. The maximum Gasteiger partial charge on any atom is 0.410 e. The average molecular weight is 436 g/mol. The molecule has 2 aromatic rings. The molecular weight excluding hydrogens is 402 g/mol. The first-order valence-electron chi connectivity index (χ1n) is 10.4. The third kappa shape index (κ3) is 7.01. The number of carbonyl (C=O) groups excluding carboxylic acids is 1. The van der Waals surface area contributed by atoms with E-state index in [1.54, 1.807) is 34.7 Å². The van der Waals surface area contributed by atoms with Crippen LogP contribution in [0.1, 0.15) is 60.2 Å². The van der Waals surface area contributed by atoms with Crippen LogP contribution in [-0.4, -0.2) is 39.7 Å². The molecule has 0 aliphatic rings. The van der Waals surface area contributed by atoms with Gasteiger partial charge in [-0.3, -0.25) is 9.36 Å². The van der Waals surface area contributed by atoms with E-state index in [0.717, 1.165) is 18.7 Å². The fourth-order valence-corrected chi connectivity index (χ4v) is 3.30. The maximum absolute atomic E-state index is 13.1. The molecule has 0 radical (unpaired) electrons. The predicted molar refractivity (Wildman–Crippen MR) is 122 cm³/mol. The Morgan fingerprint density at radius 1 is 1.17 bits per heavy atom. The zero-order chi connectivity index (χ0) is 22.7. The highest BCUT2D eigenvalue weighted by atomic mass is 35.5. The van der Waals surface area contributed by atoms with Gasteiger partial charge in [-0.25, -0.2) is 9.78 Å². The van der Waals surface area contributed by atoms with Crippen molar-refractivity contribution in [3.8, 4) is 0 Å². The number of aromatic nitrogens is 2. The normalized spacial score (nSPS) is 12.3. The average Bonchev–Trinajstić information content (AvgIpc) is 2.59. The van der Waals surface area contributed by atoms with Crippen LogP contribution in [0, 0.1) is 5.41 Å². The highest BCUT2D eigenvalue weighted by molar-refractivity contribution is 6.31. The standard InChI is InChI=1S/C23H34ClN3O3/c1-22(2,3)15-27-19(25-18-12-11-16(24)14-17(18)20(27)28)10-8-9-13-26(7)21(29)30-23(4,5)6/h11-12,14H,8-10,13,15H2,1-7H3. The molecule has 1 aromatic heterocycles. The van der Waals surface area contributed by atoms with E-state index < -0.39 is 5.60 Å². The number of hydrogen-bond acceptors (Lipinski definition) is 4. The third-order valence-electron chi connectivity index (χ3n) is 4.48. The second kappa shape index (κ2) is 9.38. The van der Waals surface area contributed by atoms with Crippen LogP contribution >= 0.6 is 11.6 Å². The number of amides is 1. The van der Waals surface area contributed by atoms with E-state index in [2.05, 4.69) is 20.8 Å². The van der Waals surface area contributed by atoms with Gasteiger partial charge in [0, 0.05) is 31.6 Å². The molecule has 0 atom stereocenters. The molecule has 2 rings (SSSR count). The van der Waals surface area contributed by atoms with Crippen LogP contribution in [0.4, 0.5) is 4.79 Å². The minimum atomic E-state index is -0.508. The summed E-state index contributed by atoms with van der Waals surface area (Å²) in [5.74, 6) is 0.768. The van der Waals surface area contributed by atoms with Crippen molar-refractivity contribution >= 4 is 28.6 Å². The monoisotopic (exact) mass is 435 g/mol. The van der Waals surface area contributed by atoms with Crippen LogP contribution in [0.2, 0.25) is 5.02 Å². The Bertz CT molecular complexity index is 955. The number of ether oxygens (including phenoxy) is 1. The quantitative estimate of drug-likeness (QED) is 0.578. The zero-order valence-corrected chi connectivity index (χ0v) is 20.0. The maximum atomic E-state index is 13.1. The van der Waals surface area contributed by atoms with E-state index in [-0.39, 0.29) is 17.1 Å². The Balaban J connectivity index is 2.14. The van der Waals surface area contributed by atoms with Crippen LogP contribution in [-0.2, 0) is 17.7 Å². The molecule has 1 amide bonds. The lowest BCUT2D eigenvalue weighted by Crippen LogP contribution is -2.34. The largest absolute Gasteiger partial charge is 0.444 e. The van der Waals surface area contributed by atoms with Crippen LogP contribution in [0.15, 0.2) is 23.0 Å². The number of aryl methyl sites for hydroxylation is 1. The summed E-state index contributed by atoms with van der Waals surface area (Å²) in [4.78, 5) is 31.6. The summed E-state index contributed by atoms with van der Waals surface area (Å²) in [5.41, 5.74) is 0.0316. The highest BCUT2D eigenvalue weighted by Crippen LogP contribution is 2.20. The van der Waals surface area contributed by atoms with Gasteiger partial charge in [0.1, 0.15) is 11.4 Å². The summed E-state index contributed by atoms with van der Waals surface area (Å²) in [7, 11) is 1.74. The highest BCUT2D eigenvalue weighted by Gasteiger charge is 2.20. The molecule has 0 bridgehead atoms. The van der Waals surface area contributed by atoms with Gasteiger partial charge >= 0.3 is 6.09 Å². The van der Waals surface area contributed by atoms with E-state index >= 15 is 0 Å². The van der Waals surface area contributed by atoms with E-state index in [9.17, 15) is 9.59 Å². The fraction of sp³-hybridized carbons (Fsp3) is 0.609. The molecule has 0 unspecified atom stereocenters. The summed E-state index contributed by atoms with van der Waals surface area (Å²) >= 11 is 6.10. The minimum Gasteiger partial charge on any atom is -0.444 e. The molecule has 1 heterocycles. The molecule has 1 aromatic carbocycles. The van der Waals surface area contributed by atoms with E-state index in [1.807, 2.05) is 20.8 Å². The fourth-order valence-electron chi connectivity index (χ4n) is 3.13. The molecule has 30 heavy (non-hydrogen) atoms. The van der Waals surface area contributed by atoms with Crippen molar-refractivity contribution in [2.45, 2.75) is 73.0 Å². The van der Waals surface area contributed by atoms with E-state index in [0.29, 0.717) is 35.4 Å². The minimum absolute atomic E-state index is 0.0571. The molecule has 0 aliphatic carbocycles. The Labute approximate surface area is 184 Å². The first-order chi connectivity index (χ1) is 13.8. The van der Waals surface area contributed by atoms with Crippen molar-refractivity contribution in [2.75, 3.05) is 13.6 Å². The molecule has 0 saturated carbocycles. The molecule has 7 heteroatoms. The van der Waals surface area contributed by atoms with Gasteiger partial charge in [0.05, 0.1) is 10.9 Å². The summed E-state index contributed by atoms with van der Waals surface area (Å²) in [6.45, 7) is 13.0. The number of carbonyl (C=O) groups is 1. The van der Waals surface area contributed by atoms with Crippen LogP contribution in [0.25, 0.3) is 10.9 Å². The summed E-state index contributed by atoms with van der Waals surface area (Å²) < 4.78 is 7.15. The van der Waals surface area contributed by atoms with Crippen LogP contribution in [0.3, 0.4) is 0 Å². The number of hydrogen-bond donors (Lipinski definition) is 0. The molecular formula is C23H34ClN3O3. The van der Waals surface area contributed by atoms with Crippen molar-refractivity contribution < 1.29 is 9.53 Å². The number of benzene rings is 1. The van der Waals surface area contributed by atoms with Crippen molar-refractivity contribution in [2.24, 2.45) is 5.41 Å². The SMILES string of the molecule is CN(CCCCc1nc2ccc(Cl)cc2c(=O)n1CC(C)(C)C)C(=O)OC(C)(C)C. The number of fused-ring (bicyclic) bond motifs is 1. The summed E-state index contributed by atoms with van der Waals surface area (Å²) in [6.07, 6.45) is 1.93. The topological polar surface area (TPSA) is 64.4 Å². The van der Waals surface area contributed by atoms with Crippen molar-refractivity contribution in [1.82, 2.24) is 14.5 Å². The van der Waals surface area contributed by atoms with Gasteiger partial charge in [0.2, 0.25) is 0 Å². The third-order valence-corrected chi connectivity index (χ3v) is 4.71. The Morgan fingerprint density at radius 3 is 2.43 bits per heavy atom. The smallest absolute Gasteiger partial charge is 0.410 e. The second-order valence-corrected chi connectivity index (χ2v) is 10.4. The Morgan fingerprint density at radius 2 is 1.83 bits per heavy atom. The summed E-state index contributed by atoms with van der Waals surface area (Å²) in [5, 5.41) is 1.07. The van der Waals surface area contributed by atoms with Crippen LogP contribution in [0.5, 0.6) is 0 Å². The molecule has 0 saturated heterocycles. The van der Waals surface area contributed by atoms with Gasteiger partial charge in [-0.2, -0.15) is 0 Å². The zero-order valence-electron chi connectivity index (χ0n) is 19.2. The molecule has 0 fully saturated rings. The molecule has 0 aliphatic heterocycles. The second-order valence-electron chi connectivity index (χ2n) is 10.0. The van der Waals surface area contributed by atoms with Gasteiger partial charge in [-0.05, 0) is 57.2 Å². The lowest BCUT2D eigenvalue weighted by Gasteiger charge is -2.25.